The van der Waals surface area contributed by atoms with Gasteiger partial charge in [0.1, 0.15) is 11.9 Å². The van der Waals surface area contributed by atoms with Gasteiger partial charge in [-0.05, 0) is 44.6 Å². The summed E-state index contributed by atoms with van der Waals surface area (Å²) in [6.07, 6.45) is 7.14. The smallest absolute Gasteiger partial charge is 0.124 e. The predicted molar refractivity (Wildman–Crippen MR) is 79.8 cm³/mol. The summed E-state index contributed by atoms with van der Waals surface area (Å²) in [5.41, 5.74) is 8.92. The molecule has 0 saturated carbocycles. The number of benzene rings is 1. The van der Waals surface area contributed by atoms with Crippen LogP contribution in [0.25, 0.3) is 0 Å². The highest BCUT2D eigenvalue weighted by Crippen LogP contribution is 2.53. The molecule has 0 fully saturated rings. The lowest BCUT2D eigenvalue weighted by molar-refractivity contribution is 0.0933. The van der Waals surface area contributed by atoms with Crippen molar-refractivity contribution in [1.29, 1.82) is 0 Å². The number of hydrogen-bond donors (Lipinski definition) is 1. The van der Waals surface area contributed by atoms with Gasteiger partial charge < -0.3 is 15.4 Å². The second-order valence-electron chi connectivity index (χ2n) is 6.49. The summed E-state index contributed by atoms with van der Waals surface area (Å²) in [4.78, 5) is 2.42. The topological polar surface area (TPSA) is 38.5 Å². The average Bonchev–Trinajstić information content (AvgIpc) is 2.73. The number of rotatable bonds is 1. The molecule has 106 valence electrons. The minimum absolute atomic E-state index is 0.0545. The largest absolute Gasteiger partial charge is 0.488 e. The summed E-state index contributed by atoms with van der Waals surface area (Å²) < 4.78 is 6.37. The van der Waals surface area contributed by atoms with Crippen LogP contribution in [0, 0.1) is 5.92 Å². The second-order valence-corrected chi connectivity index (χ2v) is 6.49. The Balaban J connectivity index is 1.92. The maximum atomic E-state index is 6.37. The fourth-order valence-electron chi connectivity index (χ4n) is 4.31. The molecule has 0 saturated heterocycles. The van der Waals surface area contributed by atoms with Gasteiger partial charge in [0.15, 0.2) is 0 Å². The van der Waals surface area contributed by atoms with Gasteiger partial charge >= 0.3 is 0 Å². The van der Waals surface area contributed by atoms with Gasteiger partial charge in [-0.1, -0.05) is 24.3 Å². The molecule has 2 aliphatic heterocycles. The van der Waals surface area contributed by atoms with Gasteiger partial charge in [-0.15, -0.1) is 0 Å². The Hall–Kier alpha value is -1.32. The maximum Gasteiger partial charge on any atom is 0.124 e. The molecule has 1 aromatic carbocycles. The van der Waals surface area contributed by atoms with Gasteiger partial charge in [-0.3, -0.25) is 0 Å². The third-order valence-electron chi connectivity index (χ3n) is 5.27. The van der Waals surface area contributed by atoms with Crippen LogP contribution in [0.2, 0.25) is 0 Å². The van der Waals surface area contributed by atoms with E-state index in [9.17, 15) is 0 Å². The molecule has 0 radical (unpaired) electrons. The highest BCUT2D eigenvalue weighted by atomic mass is 16.5. The summed E-state index contributed by atoms with van der Waals surface area (Å²) in [5, 5.41) is 0. The molecule has 3 atom stereocenters. The Morgan fingerprint density at radius 3 is 3.20 bits per heavy atom. The Labute approximate surface area is 120 Å². The van der Waals surface area contributed by atoms with E-state index >= 15 is 0 Å². The first-order valence-electron chi connectivity index (χ1n) is 7.60. The van der Waals surface area contributed by atoms with Crippen molar-refractivity contribution >= 4 is 0 Å². The third kappa shape index (κ3) is 1.54. The van der Waals surface area contributed by atoms with Crippen molar-refractivity contribution in [2.75, 3.05) is 20.1 Å². The summed E-state index contributed by atoms with van der Waals surface area (Å²) in [6.45, 7) is 2.83. The quantitative estimate of drug-likeness (QED) is 0.794. The van der Waals surface area contributed by atoms with Crippen LogP contribution >= 0.6 is 0 Å². The molecule has 1 spiro atoms. The fourth-order valence-corrected chi connectivity index (χ4v) is 4.31. The molecular weight excluding hydrogens is 248 g/mol. The zero-order valence-corrected chi connectivity index (χ0v) is 12.0. The lowest BCUT2D eigenvalue weighted by Crippen LogP contribution is -2.47. The van der Waals surface area contributed by atoms with Crippen LogP contribution in [0.15, 0.2) is 30.4 Å². The van der Waals surface area contributed by atoms with E-state index in [4.69, 9.17) is 10.5 Å². The first-order chi connectivity index (χ1) is 9.74. The van der Waals surface area contributed by atoms with Crippen molar-refractivity contribution < 1.29 is 4.74 Å². The van der Waals surface area contributed by atoms with E-state index in [1.807, 2.05) is 0 Å². The molecule has 0 amide bonds. The van der Waals surface area contributed by atoms with E-state index < -0.39 is 0 Å². The normalized spacial score (nSPS) is 35.1. The zero-order chi connectivity index (χ0) is 13.7. The highest BCUT2D eigenvalue weighted by Gasteiger charge is 2.53. The molecule has 3 unspecified atom stereocenters. The molecule has 1 aromatic rings. The average molecular weight is 270 g/mol. The van der Waals surface area contributed by atoms with Crippen molar-refractivity contribution in [1.82, 2.24) is 4.90 Å². The van der Waals surface area contributed by atoms with E-state index in [1.54, 1.807) is 0 Å². The number of allylic oxidation sites excluding steroid dienone is 1. The Kier molecular flexibility index (Phi) is 2.69. The molecule has 2 N–H and O–H groups in total. The van der Waals surface area contributed by atoms with Crippen molar-refractivity contribution in [3.8, 4) is 5.75 Å². The second kappa shape index (κ2) is 4.34. The predicted octanol–water partition coefficient (Wildman–Crippen LogP) is 2.06. The third-order valence-corrected chi connectivity index (χ3v) is 5.27. The minimum Gasteiger partial charge on any atom is -0.488 e. The van der Waals surface area contributed by atoms with Crippen molar-refractivity contribution in [3.05, 3.63) is 41.5 Å². The Bertz CT molecular complexity index is 568. The molecular formula is C17H22N2O. The van der Waals surface area contributed by atoms with Gasteiger partial charge in [0.25, 0.3) is 0 Å². The number of ether oxygens (including phenoxy) is 1. The SMILES string of the molecule is CN1CCC23C=CCC(CN)C2Oc2cccc(c23)C1. The zero-order valence-electron chi connectivity index (χ0n) is 12.0. The molecule has 2 heterocycles. The standard InChI is InChI=1S/C17H22N2O/c1-19-9-8-17-7-3-5-12(10-18)16(17)20-14-6-2-4-13(11-19)15(14)17/h2-4,6-7,12,16H,5,8-11,18H2,1H3. The lowest BCUT2D eigenvalue weighted by atomic mass is 9.66. The van der Waals surface area contributed by atoms with Gasteiger partial charge in [0.05, 0.1) is 5.41 Å². The summed E-state index contributed by atoms with van der Waals surface area (Å²) in [7, 11) is 2.21. The summed E-state index contributed by atoms with van der Waals surface area (Å²) >= 11 is 0. The van der Waals surface area contributed by atoms with E-state index in [0.717, 1.165) is 31.7 Å². The first-order valence-corrected chi connectivity index (χ1v) is 7.60. The molecule has 3 nitrogen and oxygen atoms in total. The van der Waals surface area contributed by atoms with E-state index in [0.29, 0.717) is 12.5 Å². The van der Waals surface area contributed by atoms with Crippen LogP contribution in [0.5, 0.6) is 5.75 Å². The van der Waals surface area contributed by atoms with E-state index in [2.05, 4.69) is 42.3 Å². The maximum absolute atomic E-state index is 6.37. The Morgan fingerprint density at radius 1 is 1.45 bits per heavy atom. The minimum atomic E-state index is 0.0545. The number of hydrogen-bond acceptors (Lipinski definition) is 3. The van der Waals surface area contributed by atoms with E-state index in [1.165, 1.54) is 11.1 Å². The summed E-state index contributed by atoms with van der Waals surface area (Å²) in [6, 6.07) is 6.51. The number of nitrogens with zero attached hydrogens (tertiary/aromatic N) is 1. The Morgan fingerprint density at radius 2 is 2.35 bits per heavy atom. The van der Waals surface area contributed by atoms with Crippen LogP contribution in [-0.4, -0.2) is 31.1 Å². The van der Waals surface area contributed by atoms with Crippen LogP contribution < -0.4 is 10.5 Å². The molecule has 20 heavy (non-hydrogen) atoms. The molecule has 1 aliphatic carbocycles. The lowest BCUT2D eigenvalue weighted by Gasteiger charge is -2.39. The van der Waals surface area contributed by atoms with Gasteiger partial charge in [0.2, 0.25) is 0 Å². The van der Waals surface area contributed by atoms with Crippen molar-refractivity contribution in [2.45, 2.75) is 30.9 Å². The van der Waals surface area contributed by atoms with Crippen molar-refractivity contribution in [3.63, 3.8) is 0 Å². The molecule has 0 bridgehead atoms. The molecule has 3 aliphatic rings. The van der Waals surface area contributed by atoms with Gasteiger partial charge in [-0.2, -0.15) is 0 Å². The van der Waals surface area contributed by atoms with Gasteiger partial charge in [0, 0.05) is 18.0 Å². The van der Waals surface area contributed by atoms with Crippen LogP contribution in [0.1, 0.15) is 24.0 Å². The fraction of sp³-hybridized carbons (Fsp3) is 0.529. The van der Waals surface area contributed by atoms with Crippen molar-refractivity contribution in [2.24, 2.45) is 11.7 Å². The summed E-state index contributed by atoms with van der Waals surface area (Å²) in [5.74, 6) is 1.52. The molecule has 3 heteroatoms. The molecule has 0 aromatic heterocycles. The first kappa shape index (κ1) is 12.4. The van der Waals surface area contributed by atoms with E-state index in [-0.39, 0.29) is 11.5 Å². The molecule has 4 rings (SSSR count). The van der Waals surface area contributed by atoms with Gasteiger partial charge in [-0.25, -0.2) is 0 Å². The van der Waals surface area contributed by atoms with Crippen LogP contribution in [0.3, 0.4) is 0 Å². The highest BCUT2D eigenvalue weighted by molar-refractivity contribution is 5.54. The number of nitrogens with two attached hydrogens (primary N) is 1. The monoisotopic (exact) mass is 270 g/mol. The van der Waals surface area contributed by atoms with Crippen LogP contribution in [-0.2, 0) is 12.0 Å². The van der Waals surface area contributed by atoms with Crippen LogP contribution in [0.4, 0.5) is 0 Å².